The van der Waals surface area contributed by atoms with E-state index in [9.17, 15) is 5.11 Å². The van der Waals surface area contributed by atoms with E-state index < -0.39 is 0 Å². The lowest BCUT2D eigenvalue weighted by Crippen LogP contribution is -2.20. The molecule has 2 fully saturated rings. The van der Waals surface area contributed by atoms with Crippen LogP contribution in [0.5, 0.6) is 5.88 Å². The van der Waals surface area contributed by atoms with Gasteiger partial charge in [0.15, 0.2) is 0 Å². The van der Waals surface area contributed by atoms with Gasteiger partial charge in [0.2, 0.25) is 5.88 Å². The summed E-state index contributed by atoms with van der Waals surface area (Å²) in [6, 6.07) is 7.05. The van der Waals surface area contributed by atoms with Gasteiger partial charge in [-0.2, -0.15) is 0 Å². The third-order valence-electron chi connectivity index (χ3n) is 6.66. The summed E-state index contributed by atoms with van der Waals surface area (Å²) >= 11 is 0. The zero-order valence-corrected chi connectivity index (χ0v) is 16.5. The molecular weight excluding hydrogens is 352 g/mol. The molecule has 0 bridgehead atoms. The molecule has 150 valence electrons. The molecule has 28 heavy (non-hydrogen) atoms. The molecule has 1 saturated carbocycles. The Bertz CT molecular complexity index is 874. The SMILES string of the molecule is Oc1c(C2=NCCOC2)c2cc(CC3CCCC3)ccc2n1C1CCOCC1. The van der Waals surface area contributed by atoms with Crippen LogP contribution in [0.2, 0.25) is 0 Å². The Kier molecular flexibility index (Phi) is 5.12. The van der Waals surface area contributed by atoms with Crippen molar-refractivity contribution < 1.29 is 14.6 Å². The van der Waals surface area contributed by atoms with Crippen molar-refractivity contribution >= 4 is 16.6 Å². The van der Waals surface area contributed by atoms with Gasteiger partial charge in [0.05, 0.1) is 36.6 Å². The summed E-state index contributed by atoms with van der Waals surface area (Å²) in [5, 5.41) is 12.4. The second-order valence-electron chi connectivity index (χ2n) is 8.50. The van der Waals surface area contributed by atoms with Gasteiger partial charge in [-0.25, -0.2) is 0 Å². The van der Waals surface area contributed by atoms with E-state index in [0.29, 0.717) is 25.6 Å². The summed E-state index contributed by atoms with van der Waals surface area (Å²) in [5.74, 6) is 1.16. The van der Waals surface area contributed by atoms with Gasteiger partial charge in [0, 0.05) is 24.6 Å². The number of benzene rings is 1. The quantitative estimate of drug-likeness (QED) is 0.860. The number of hydrogen-bond acceptors (Lipinski definition) is 4. The molecule has 3 heterocycles. The van der Waals surface area contributed by atoms with E-state index in [1.54, 1.807) is 0 Å². The van der Waals surface area contributed by atoms with Crippen molar-refractivity contribution in [3.05, 3.63) is 29.3 Å². The van der Waals surface area contributed by atoms with Gasteiger partial charge >= 0.3 is 0 Å². The summed E-state index contributed by atoms with van der Waals surface area (Å²) < 4.78 is 13.3. The molecule has 0 spiro atoms. The Morgan fingerprint density at radius 3 is 2.61 bits per heavy atom. The van der Waals surface area contributed by atoms with Crippen LogP contribution in [0.25, 0.3) is 10.9 Å². The van der Waals surface area contributed by atoms with Crippen LogP contribution in [-0.2, 0) is 15.9 Å². The van der Waals surface area contributed by atoms with Crippen molar-refractivity contribution in [3.8, 4) is 5.88 Å². The molecule has 1 N–H and O–H groups in total. The van der Waals surface area contributed by atoms with Crippen LogP contribution in [0.3, 0.4) is 0 Å². The van der Waals surface area contributed by atoms with E-state index in [0.717, 1.165) is 60.6 Å². The van der Waals surface area contributed by atoms with Crippen molar-refractivity contribution in [2.45, 2.75) is 51.0 Å². The van der Waals surface area contributed by atoms with Crippen molar-refractivity contribution in [1.29, 1.82) is 0 Å². The van der Waals surface area contributed by atoms with Crippen LogP contribution in [-0.4, -0.2) is 48.4 Å². The van der Waals surface area contributed by atoms with Crippen LogP contribution in [0.4, 0.5) is 0 Å². The lowest BCUT2D eigenvalue weighted by atomic mass is 9.96. The van der Waals surface area contributed by atoms with Crippen LogP contribution in [0.15, 0.2) is 23.2 Å². The molecule has 0 atom stereocenters. The molecule has 2 aliphatic heterocycles. The highest BCUT2D eigenvalue weighted by Crippen LogP contribution is 2.39. The maximum Gasteiger partial charge on any atom is 0.201 e. The molecule has 5 rings (SSSR count). The van der Waals surface area contributed by atoms with E-state index >= 15 is 0 Å². The Balaban J connectivity index is 1.60. The predicted molar refractivity (Wildman–Crippen MR) is 111 cm³/mol. The monoisotopic (exact) mass is 382 g/mol. The molecule has 2 aromatic rings. The first kappa shape index (κ1) is 18.2. The minimum atomic E-state index is 0.274. The van der Waals surface area contributed by atoms with E-state index in [-0.39, 0.29) is 6.04 Å². The average Bonchev–Trinajstić information content (AvgIpc) is 3.34. The lowest BCUT2D eigenvalue weighted by molar-refractivity contribution is 0.0688. The van der Waals surface area contributed by atoms with Crippen molar-refractivity contribution in [3.63, 3.8) is 0 Å². The standard InChI is InChI=1S/C23H30N2O3/c26-23-22(20-15-28-12-9-24-20)19-14-17(13-16-3-1-2-4-16)5-6-21(19)25(23)18-7-10-27-11-8-18/h5-6,14,16,18,26H,1-4,7-13,15H2. The topological polar surface area (TPSA) is 56.0 Å². The van der Waals surface area contributed by atoms with Gasteiger partial charge in [0.1, 0.15) is 0 Å². The minimum Gasteiger partial charge on any atom is -0.494 e. The lowest BCUT2D eigenvalue weighted by Gasteiger charge is -2.25. The molecule has 1 aromatic carbocycles. The highest BCUT2D eigenvalue weighted by atomic mass is 16.5. The predicted octanol–water partition coefficient (Wildman–Crippen LogP) is 4.25. The van der Waals surface area contributed by atoms with Crippen LogP contribution in [0.1, 0.15) is 55.7 Å². The maximum absolute atomic E-state index is 11.3. The van der Waals surface area contributed by atoms with Crippen LogP contribution < -0.4 is 0 Å². The average molecular weight is 383 g/mol. The molecule has 1 saturated heterocycles. The van der Waals surface area contributed by atoms with Gasteiger partial charge < -0.3 is 19.1 Å². The first-order chi connectivity index (χ1) is 13.8. The smallest absolute Gasteiger partial charge is 0.201 e. The first-order valence-electron chi connectivity index (χ1n) is 10.9. The van der Waals surface area contributed by atoms with Gasteiger partial charge in [-0.1, -0.05) is 31.7 Å². The van der Waals surface area contributed by atoms with E-state index in [1.165, 1.54) is 31.2 Å². The molecular formula is C23H30N2O3. The molecule has 1 aliphatic carbocycles. The van der Waals surface area contributed by atoms with Gasteiger partial charge in [-0.3, -0.25) is 4.99 Å². The second kappa shape index (κ2) is 7.88. The molecule has 0 amide bonds. The fourth-order valence-electron chi connectivity index (χ4n) is 5.23. The van der Waals surface area contributed by atoms with Crippen molar-refractivity contribution in [1.82, 2.24) is 4.57 Å². The van der Waals surface area contributed by atoms with Gasteiger partial charge in [-0.15, -0.1) is 0 Å². The number of fused-ring (bicyclic) bond motifs is 1. The number of aromatic nitrogens is 1. The van der Waals surface area contributed by atoms with Gasteiger partial charge in [-0.05, 0) is 42.9 Å². The highest BCUT2D eigenvalue weighted by Gasteiger charge is 2.27. The minimum absolute atomic E-state index is 0.274. The number of aliphatic imine (C=N–C) groups is 1. The Morgan fingerprint density at radius 2 is 1.86 bits per heavy atom. The zero-order chi connectivity index (χ0) is 18.9. The summed E-state index contributed by atoms with van der Waals surface area (Å²) in [5.41, 5.74) is 4.26. The summed E-state index contributed by atoms with van der Waals surface area (Å²) in [6.07, 6.45) is 8.44. The van der Waals surface area contributed by atoms with Crippen LogP contribution in [0, 0.1) is 5.92 Å². The van der Waals surface area contributed by atoms with E-state index in [2.05, 4.69) is 22.8 Å². The number of rotatable bonds is 4. The summed E-state index contributed by atoms with van der Waals surface area (Å²) in [7, 11) is 0. The van der Waals surface area contributed by atoms with E-state index in [4.69, 9.17) is 14.5 Å². The number of nitrogens with zero attached hydrogens (tertiary/aromatic N) is 2. The molecule has 5 nitrogen and oxygen atoms in total. The van der Waals surface area contributed by atoms with Crippen molar-refractivity contribution in [2.24, 2.45) is 10.9 Å². The third-order valence-corrected chi connectivity index (χ3v) is 6.66. The largest absolute Gasteiger partial charge is 0.494 e. The molecule has 0 unspecified atom stereocenters. The number of aromatic hydroxyl groups is 1. The number of ether oxygens (including phenoxy) is 2. The van der Waals surface area contributed by atoms with Gasteiger partial charge in [0.25, 0.3) is 0 Å². The first-order valence-corrected chi connectivity index (χ1v) is 10.9. The third kappa shape index (κ3) is 3.35. The second-order valence-corrected chi connectivity index (χ2v) is 8.50. The molecule has 1 aromatic heterocycles. The zero-order valence-electron chi connectivity index (χ0n) is 16.5. The molecule has 5 heteroatoms. The molecule has 3 aliphatic rings. The maximum atomic E-state index is 11.3. The fourth-order valence-corrected chi connectivity index (χ4v) is 5.23. The fraction of sp³-hybridized carbons (Fsp3) is 0.609. The van der Waals surface area contributed by atoms with E-state index in [1.807, 2.05) is 0 Å². The summed E-state index contributed by atoms with van der Waals surface area (Å²) in [4.78, 5) is 4.70. The highest BCUT2D eigenvalue weighted by molar-refractivity contribution is 6.14. The van der Waals surface area contributed by atoms with Crippen molar-refractivity contribution in [2.75, 3.05) is 33.0 Å². The normalized spacial score (nSPS) is 22.1. The Morgan fingerprint density at radius 1 is 1.04 bits per heavy atom. The number of hydrogen-bond donors (Lipinski definition) is 1. The van der Waals surface area contributed by atoms with Crippen LogP contribution >= 0.6 is 0 Å². The Labute approximate surface area is 166 Å². The summed E-state index contributed by atoms with van der Waals surface area (Å²) in [6.45, 7) is 3.31. The Hall–Kier alpha value is -1.85. The molecule has 0 radical (unpaired) electrons.